The van der Waals surface area contributed by atoms with Crippen LogP contribution in [-0.4, -0.2) is 38.7 Å². The smallest absolute Gasteiger partial charge is 0.387 e. The lowest BCUT2D eigenvalue weighted by Crippen LogP contribution is -2.33. The molecule has 0 unspecified atom stereocenters. The molecule has 1 amide bonds. The first-order valence-corrected chi connectivity index (χ1v) is 8.84. The van der Waals surface area contributed by atoms with Gasteiger partial charge in [-0.2, -0.15) is 8.78 Å². The molecule has 6 nitrogen and oxygen atoms in total. The Labute approximate surface area is 166 Å². The number of ether oxygens (including phenoxy) is 3. The maximum atomic E-state index is 12.4. The Balaban J connectivity index is 1.55. The topological polar surface area (TPSA) is 65.1 Å². The van der Waals surface area contributed by atoms with Gasteiger partial charge in [-0.1, -0.05) is 24.3 Å². The van der Waals surface area contributed by atoms with Crippen LogP contribution in [0.25, 0.3) is 6.08 Å². The molecule has 1 aliphatic rings. The summed E-state index contributed by atoms with van der Waals surface area (Å²) in [4.78, 5) is 25.8. The SMILES string of the molecule is COc1cc(/C=C/C(=O)OCC(=O)N2CCc3ccccc32)ccc1OC(F)F. The van der Waals surface area contributed by atoms with Crippen molar-refractivity contribution in [2.24, 2.45) is 0 Å². The third-order valence-corrected chi connectivity index (χ3v) is 4.34. The Bertz CT molecular complexity index is 929. The summed E-state index contributed by atoms with van der Waals surface area (Å²) < 4.78 is 39.1. The summed E-state index contributed by atoms with van der Waals surface area (Å²) in [6.07, 6.45) is 3.34. The summed E-state index contributed by atoms with van der Waals surface area (Å²) in [5.74, 6) is -1.01. The molecular weight excluding hydrogens is 384 g/mol. The number of fused-ring (bicyclic) bond motifs is 1. The second-order valence-corrected chi connectivity index (χ2v) is 6.15. The average molecular weight is 403 g/mol. The quantitative estimate of drug-likeness (QED) is 0.524. The Hall–Kier alpha value is -3.42. The second kappa shape index (κ2) is 9.18. The van der Waals surface area contributed by atoms with E-state index in [1.807, 2.05) is 24.3 Å². The molecule has 8 heteroatoms. The number of methoxy groups -OCH3 is 1. The predicted molar refractivity (Wildman–Crippen MR) is 102 cm³/mol. The summed E-state index contributed by atoms with van der Waals surface area (Å²) in [5.41, 5.74) is 2.43. The highest BCUT2D eigenvalue weighted by molar-refractivity contribution is 5.98. The van der Waals surface area contributed by atoms with E-state index in [0.717, 1.165) is 23.7 Å². The van der Waals surface area contributed by atoms with Crippen LogP contribution in [0, 0.1) is 0 Å². The molecule has 152 valence electrons. The molecule has 0 aliphatic carbocycles. The Morgan fingerprint density at radius 1 is 1.17 bits per heavy atom. The van der Waals surface area contributed by atoms with Crippen molar-refractivity contribution >= 4 is 23.6 Å². The number of carbonyl (C=O) groups excluding carboxylic acids is 2. The van der Waals surface area contributed by atoms with Gasteiger partial charge in [0.25, 0.3) is 5.91 Å². The maximum Gasteiger partial charge on any atom is 0.387 e. The number of hydrogen-bond acceptors (Lipinski definition) is 5. The Morgan fingerprint density at radius 2 is 1.97 bits per heavy atom. The third-order valence-electron chi connectivity index (χ3n) is 4.34. The van der Waals surface area contributed by atoms with Crippen LogP contribution in [-0.2, 0) is 20.7 Å². The molecule has 0 saturated heterocycles. The van der Waals surface area contributed by atoms with Crippen molar-refractivity contribution in [2.45, 2.75) is 13.0 Å². The van der Waals surface area contributed by atoms with Crippen molar-refractivity contribution in [2.75, 3.05) is 25.2 Å². The molecule has 0 spiro atoms. The van der Waals surface area contributed by atoms with E-state index >= 15 is 0 Å². The number of hydrogen-bond donors (Lipinski definition) is 0. The third kappa shape index (κ3) is 5.10. The van der Waals surface area contributed by atoms with Crippen molar-refractivity contribution in [1.82, 2.24) is 0 Å². The summed E-state index contributed by atoms with van der Waals surface area (Å²) in [6, 6.07) is 11.8. The molecule has 0 N–H and O–H groups in total. The number of amides is 1. The van der Waals surface area contributed by atoms with Gasteiger partial charge in [0.15, 0.2) is 18.1 Å². The molecule has 1 heterocycles. The first kappa shape index (κ1) is 20.3. The van der Waals surface area contributed by atoms with Crippen molar-refractivity contribution in [3.63, 3.8) is 0 Å². The highest BCUT2D eigenvalue weighted by Crippen LogP contribution is 2.30. The van der Waals surface area contributed by atoms with E-state index in [1.54, 1.807) is 4.90 Å². The number of nitrogens with zero attached hydrogens (tertiary/aromatic N) is 1. The number of rotatable bonds is 7. The average Bonchev–Trinajstić information content (AvgIpc) is 3.15. The van der Waals surface area contributed by atoms with Gasteiger partial charge in [0, 0.05) is 18.3 Å². The Kier molecular flexibility index (Phi) is 6.43. The summed E-state index contributed by atoms with van der Waals surface area (Å²) in [6.45, 7) is -2.79. The van der Waals surface area contributed by atoms with E-state index in [2.05, 4.69) is 4.74 Å². The lowest BCUT2D eigenvalue weighted by molar-refractivity contribution is -0.142. The van der Waals surface area contributed by atoms with E-state index in [9.17, 15) is 18.4 Å². The zero-order valence-electron chi connectivity index (χ0n) is 15.6. The number of benzene rings is 2. The molecule has 0 radical (unpaired) electrons. The van der Waals surface area contributed by atoms with Crippen molar-refractivity contribution in [3.05, 3.63) is 59.7 Å². The number of halogens is 2. The second-order valence-electron chi connectivity index (χ2n) is 6.15. The molecule has 3 rings (SSSR count). The molecule has 29 heavy (non-hydrogen) atoms. The van der Waals surface area contributed by atoms with Crippen LogP contribution < -0.4 is 14.4 Å². The molecular formula is C21H19F2NO5. The number of esters is 1. The molecule has 0 bridgehead atoms. The maximum absolute atomic E-state index is 12.4. The number of anilines is 1. The lowest BCUT2D eigenvalue weighted by Gasteiger charge is -2.16. The minimum absolute atomic E-state index is 0.101. The minimum Gasteiger partial charge on any atom is -0.493 e. The van der Waals surface area contributed by atoms with Gasteiger partial charge in [-0.15, -0.1) is 0 Å². The first-order valence-electron chi connectivity index (χ1n) is 8.84. The van der Waals surface area contributed by atoms with Gasteiger partial charge >= 0.3 is 12.6 Å². The molecule has 1 aliphatic heterocycles. The zero-order valence-corrected chi connectivity index (χ0v) is 15.6. The van der Waals surface area contributed by atoms with Crippen LogP contribution in [0.5, 0.6) is 11.5 Å². The number of para-hydroxylation sites is 1. The van der Waals surface area contributed by atoms with E-state index in [0.29, 0.717) is 12.1 Å². The Morgan fingerprint density at radius 3 is 2.72 bits per heavy atom. The first-order chi connectivity index (χ1) is 14.0. The number of alkyl halides is 2. The van der Waals surface area contributed by atoms with Crippen LogP contribution in [0.2, 0.25) is 0 Å². The van der Waals surface area contributed by atoms with Gasteiger partial charge < -0.3 is 19.1 Å². The normalized spacial score (nSPS) is 12.9. The monoisotopic (exact) mass is 403 g/mol. The lowest BCUT2D eigenvalue weighted by atomic mass is 10.2. The summed E-state index contributed by atoms with van der Waals surface area (Å²) in [5, 5.41) is 0. The van der Waals surface area contributed by atoms with E-state index < -0.39 is 12.6 Å². The molecule has 2 aromatic rings. The van der Waals surface area contributed by atoms with E-state index in [4.69, 9.17) is 9.47 Å². The minimum atomic E-state index is -2.97. The van der Waals surface area contributed by atoms with Gasteiger partial charge in [-0.25, -0.2) is 4.79 Å². The number of carbonyl (C=O) groups is 2. The van der Waals surface area contributed by atoms with Crippen LogP contribution in [0.15, 0.2) is 48.5 Å². The van der Waals surface area contributed by atoms with Crippen molar-refractivity contribution in [3.8, 4) is 11.5 Å². The highest BCUT2D eigenvalue weighted by atomic mass is 19.3. The predicted octanol–water partition coefficient (Wildman–Crippen LogP) is 3.44. The zero-order chi connectivity index (χ0) is 20.8. The molecule has 2 aromatic carbocycles. The van der Waals surface area contributed by atoms with Crippen LogP contribution in [0.1, 0.15) is 11.1 Å². The molecule has 0 atom stereocenters. The molecule has 0 aromatic heterocycles. The fraction of sp³-hybridized carbons (Fsp3) is 0.238. The fourth-order valence-corrected chi connectivity index (χ4v) is 3.00. The summed E-state index contributed by atoms with van der Waals surface area (Å²) in [7, 11) is 1.32. The van der Waals surface area contributed by atoms with Crippen LogP contribution in [0.4, 0.5) is 14.5 Å². The van der Waals surface area contributed by atoms with Gasteiger partial charge in [0.1, 0.15) is 0 Å². The largest absolute Gasteiger partial charge is 0.493 e. The van der Waals surface area contributed by atoms with E-state index in [-0.39, 0.29) is 24.0 Å². The summed E-state index contributed by atoms with van der Waals surface area (Å²) >= 11 is 0. The van der Waals surface area contributed by atoms with Crippen molar-refractivity contribution < 1.29 is 32.6 Å². The van der Waals surface area contributed by atoms with Crippen molar-refractivity contribution in [1.29, 1.82) is 0 Å². The van der Waals surface area contributed by atoms with Gasteiger partial charge in [0.05, 0.1) is 7.11 Å². The highest BCUT2D eigenvalue weighted by Gasteiger charge is 2.24. The van der Waals surface area contributed by atoms with E-state index in [1.165, 1.54) is 31.4 Å². The van der Waals surface area contributed by atoms with Crippen LogP contribution in [0.3, 0.4) is 0 Å². The van der Waals surface area contributed by atoms with Gasteiger partial charge in [0.2, 0.25) is 0 Å². The van der Waals surface area contributed by atoms with Gasteiger partial charge in [-0.3, -0.25) is 4.79 Å². The van der Waals surface area contributed by atoms with Gasteiger partial charge in [-0.05, 0) is 41.8 Å². The fourth-order valence-electron chi connectivity index (χ4n) is 3.00. The molecule has 0 saturated carbocycles. The molecule has 0 fully saturated rings. The van der Waals surface area contributed by atoms with Crippen LogP contribution >= 0.6 is 0 Å². The standard InChI is InChI=1S/C21H19F2NO5/c1-27-18-12-14(6-8-17(18)29-21(22)23)7-9-20(26)28-13-19(25)24-11-10-15-4-2-3-5-16(15)24/h2-9,12,21H,10-11,13H2,1H3/b9-7+.